The van der Waals surface area contributed by atoms with Crippen molar-refractivity contribution < 1.29 is 24.5 Å². The molecule has 3 rings (SSSR count). The molecule has 0 saturated carbocycles. The fourth-order valence-corrected chi connectivity index (χ4v) is 3.64. The minimum absolute atomic E-state index is 0.0661. The highest BCUT2D eigenvalue weighted by atomic mass is 16.5. The van der Waals surface area contributed by atoms with E-state index in [1.165, 1.54) is 18.2 Å². The van der Waals surface area contributed by atoms with E-state index in [4.69, 9.17) is 4.74 Å². The Kier molecular flexibility index (Phi) is 4.36. The average molecular weight is 334 g/mol. The number of ether oxygens (including phenoxy) is 1. The third-order valence-corrected chi connectivity index (χ3v) is 5.04. The predicted octanol–water partition coefficient (Wildman–Crippen LogP) is 0.809. The van der Waals surface area contributed by atoms with Crippen LogP contribution >= 0.6 is 0 Å². The van der Waals surface area contributed by atoms with Crippen LogP contribution in [0.4, 0.5) is 0 Å². The van der Waals surface area contributed by atoms with Crippen molar-refractivity contribution in [2.24, 2.45) is 5.41 Å². The highest BCUT2D eigenvalue weighted by Crippen LogP contribution is 2.41. The molecule has 2 aliphatic rings. The number of phenols is 2. The molecule has 7 heteroatoms. The largest absolute Gasteiger partial charge is 0.507 e. The van der Waals surface area contributed by atoms with Crippen molar-refractivity contribution >= 4 is 11.8 Å². The fraction of sp³-hybridized carbons (Fsp3) is 0.529. The highest BCUT2D eigenvalue weighted by molar-refractivity contribution is 6.00. The van der Waals surface area contributed by atoms with Gasteiger partial charge in [0.1, 0.15) is 17.1 Å². The molecule has 1 atom stereocenters. The summed E-state index contributed by atoms with van der Waals surface area (Å²) in [6.45, 7) is 2.49. The Morgan fingerprint density at radius 3 is 2.58 bits per heavy atom. The van der Waals surface area contributed by atoms with Crippen LogP contribution in [-0.2, 0) is 9.53 Å². The summed E-state index contributed by atoms with van der Waals surface area (Å²) in [6, 6.07) is 4.21. The molecule has 0 bridgehead atoms. The van der Waals surface area contributed by atoms with Crippen LogP contribution in [0.5, 0.6) is 11.5 Å². The Hall–Kier alpha value is -2.28. The van der Waals surface area contributed by atoms with Crippen molar-refractivity contribution in [3.8, 4) is 11.5 Å². The number of amides is 2. The molecule has 2 N–H and O–H groups in total. The Bertz CT molecular complexity index is 642. The average Bonchev–Trinajstić information content (AvgIpc) is 3.12. The van der Waals surface area contributed by atoms with Gasteiger partial charge in [-0.2, -0.15) is 0 Å². The quantitative estimate of drug-likeness (QED) is 0.850. The molecule has 2 fully saturated rings. The van der Waals surface area contributed by atoms with Gasteiger partial charge in [-0.05, 0) is 25.0 Å². The van der Waals surface area contributed by atoms with Gasteiger partial charge in [0.05, 0.1) is 12.0 Å². The molecule has 24 heavy (non-hydrogen) atoms. The number of hydrogen-bond acceptors (Lipinski definition) is 5. The summed E-state index contributed by atoms with van der Waals surface area (Å²) in [5.74, 6) is -0.872. The van der Waals surface area contributed by atoms with E-state index in [1.807, 2.05) is 0 Å². The van der Waals surface area contributed by atoms with E-state index >= 15 is 0 Å². The van der Waals surface area contributed by atoms with Crippen LogP contribution < -0.4 is 0 Å². The van der Waals surface area contributed by atoms with Gasteiger partial charge < -0.3 is 24.7 Å². The molecule has 1 aromatic rings. The summed E-state index contributed by atoms with van der Waals surface area (Å²) < 4.78 is 5.03. The van der Waals surface area contributed by atoms with Crippen molar-refractivity contribution in [1.82, 2.24) is 9.80 Å². The molecule has 2 saturated heterocycles. The van der Waals surface area contributed by atoms with Gasteiger partial charge in [-0.25, -0.2) is 0 Å². The van der Waals surface area contributed by atoms with Crippen molar-refractivity contribution in [2.75, 3.05) is 39.9 Å². The van der Waals surface area contributed by atoms with Gasteiger partial charge in [0.25, 0.3) is 5.91 Å². The Morgan fingerprint density at radius 1 is 1.25 bits per heavy atom. The number of carbonyl (C=O) groups is 2. The van der Waals surface area contributed by atoms with Crippen molar-refractivity contribution in [2.45, 2.75) is 12.8 Å². The molecule has 2 heterocycles. The smallest absolute Gasteiger partial charge is 0.261 e. The summed E-state index contributed by atoms with van der Waals surface area (Å²) in [5, 5.41) is 19.7. The monoisotopic (exact) mass is 334 g/mol. The number of likely N-dealkylation sites (tertiary alicyclic amines) is 2. The zero-order chi connectivity index (χ0) is 17.3. The zero-order valence-electron chi connectivity index (χ0n) is 13.7. The number of phenolic OH excluding ortho intramolecular Hbond substituents is 2. The Balaban J connectivity index is 1.74. The molecule has 7 nitrogen and oxygen atoms in total. The second-order valence-corrected chi connectivity index (χ2v) is 6.46. The number of carbonyl (C=O) groups excluding carboxylic acids is 2. The standard InChI is InChI=1S/C17H22N2O5/c1-24-10-9-18-7-5-17(16(18)23)6-8-19(11-17)15(22)14-12(20)3-2-4-13(14)21/h2-4,20-21H,5-11H2,1H3. The van der Waals surface area contributed by atoms with Gasteiger partial charge in [-0.3, -0.25) is 9.59 Å². The normalized spacial score (nSPS) is 23.5. The molecule has 1 unspecified atom stereocenters. The van der Waals surface area contributed by atoms with E-state index in [9.17, 15) is 19.8 Å². The molecular formula is C17H22N2O5. The Morgan fingerprint density at radius 2 is 1.92 bits per heavy atom. The van der Waals surface area contributed by atoms with Crippen molar-refractivity contribution in [1.29, 1.82) is 0 Å². The first kappa shape index (κ1) is 16.6. The summed E-state index contributed by atoms with van der Waals surface area (Å²) in [7, 11) is 1.60. The van der Waals surface area contributed by atoms with Crippen LogP contribution in [0.1, 0.15) is 23.2 Å². The second-order valence-electron chi connectivity index (χ2n) is 6.46. The second kappa shape index (κ2) is 6.32. The lowest BCUT2D eigenvalue weighted by Gasteiger charge is -2.24. The maximum Gasteiger partial charge on any atom is 0.261 e. The maximum absolute atomic E-state index is 12.7. The van der Waals surface area contributed by atoms with E-state index in [0.717, 1.165) is 0 Å². The van der Waals surface area contributed by atoms with Crippen LogP contribution in [-0.4, -0.2) is 71.7 Å². The third kappa shape index (κ3) is 2.69. The predicted molar refractivity (Wildman–Crippen MR) is 85.8 cm³/mol. The topological polar surface area (TPSA) is 90.3 Å². The number of aromatic hydroxyl groups is 2. The lowest BCUT2D eigenvalue weighted by atomic mass is 9.85. The van der Waals surface area contributed by atoms with Crippen molar-refractivity contribution in [3.63, 3.8) is 0 Å². The fourth-order valence-electron chi connectivity index (χ4n) is 3.64. The van der Waals surface area contributed by atoms with Gasteiger partial charge in [0.2, 0.25) is 5.91 Å². The van der Waals surface area contributed by atoms with Gasteiger partial charge in [-0.15, -0.1) is 0 Å². The van der Waals surface area contributed by atoms with Crippen LogP contribution in [0.3, 0.4) is 0 Å². The van der Waals surface area contributed by atoms with E-state index in [1.54, 1.807) is 16.9 Å². The zero-order valence-corrected chi connectivity index (χ0v) is 13.7. The maximum atomic E-state index is 12.7. The van der Waals surface area contributed by atoms with E-state index in [0.29, 0.717) is 45.6 Å². The van der Waals surface area contributed by atoms with E-state index < -0.39 is 11.3 Å². The highest BCUT2D eigenvalue weighted by Gasteiger charge is 2.51. The van der Waals surface area contributed by atoms with Gasteiger partial charge in [0.15, 0.2) is 0 Å². The first-order valence-electron chi connectivity index (χ1n) is 8.07. The summed E-state index contributed by atoms with van der Waals surface area (Å²) >= 11 is 0. The van der Waals surface area contributed by atoms with Crippen LogP contribution in [0.25, 0.3) is 0 Å². The molecule has 1 aromatic carbocycles. The molecule has 1 spiro atoms. The molecular weight excluding hydrogens is 312 g/mol. The molecule has 0 radical (unpaired) electrons. The summed E-state index contributed by atoms with van der Waals surface area (Å²) in [5.41, 5.74) is -0.639. The molecule has 2 aliphatic heterocycles. The molecule has 0 aliphatic carbocycles. The number of nitrogens with zero attached hydrogens (tertiary/aromatic N) is 2. The molecule has 2 amide bonds. The summed E-state index contributed by atoms with van der Waals surface area (Å²) in [6.07, 6.45) is 1.32. The third-order valence-electron chi connectivity index (χ3n) is 5.04. The van der Waals surface area contributed by atoms with Crippen molar-refractivity contribution in [3.05, 3.63) is 23.8 Å². The first-order valence-corrected chi connectivity index (χ1v) is 8.07. The number of hydrogen-bond donors (Lipinski definition) is 2. The van der Waals surface area contributed by atoms with Crippen LogP contribution in [0, 0.1) is 5.41 Å². The van der Waals surface area contributed by atoms with Crippen LogP contribution in [0.15, 0.2) is 18.2 Å². The van der Waals surface area contributed by atoms with E-state index in [-0.39, 0.29) is 23.0 Å². The first-order chi connectivity index (χ1) is 11.5. The number of methoxy groups -OCH3 is 1. The minimum atomic E-state index is -0.538. The molecule has 0 aromatic heterocycles. The van der Waals surface area contributed by atoms with Gasteiger partial charge in [0, 0.05) is 33.3 Å². The van der Waals surface area contributed by atoms with Crippen LogP contribution in [0.2, 0.25) is 0 Å². The van der Waals surface area contributed by atoms with E-state index in [2.05, 4.69) is 0 Å². The minimum Gasteiger partial charge on any atom is -0.507 e. The van der Waals surface area contributed by atoms with Gasteiger partial charge in [-0.1, -0.05) is 6.07 Å². The van der Waals surface area contributed by atoms with Gasteiger partial charge >= 0.3 is 0 Å². The Labute approximate surface area is 140 Å². The lowest BCUT2D eigenvalue weighted by molar-refractivity contribution is -0.135. The number of benzene rings is 1. The molecule has 130 valence electrons. The SMILES string of the molecule is COCCN1CCC2(CCN(C(=O)c3c(O)cccc3O)C2)C1=O. The summed E-state index contributed by atoms with van der Waals surface area (Å²) in [4.78, 5) is 28.7. The lowest BCUT2D eigenvalue weighted by Crippen LogP contribution is -2.39. The number of rotatable bonds is 4.